The van der Waals surface area contributed by atoms with Crippen molar-refractivity contribution in [3.8, 4) is 0 Å². The van der Waals surface area contributed by atoms with Gasteiger partial charge in [0.25, 0.3) is 17.2 Å². The van der Waals surface area contributed by atoms with Crippen LogP contribution in [0.1, 0.15) is 32.6 Å². The van der Waals surface area contributed by atoms with Crippen molar-refractivity contribution in [2.75, 3.05) is 10.6 Å². The Kier molecular flexibility index (Phi) is 8.22. The van der Waals surface area contributed by atoms with E-state index < -0.39 is 16.4 Å². The topological polar surface area (TPSA) is 144 Å². The Morgan fingerprint density at radius 1 is 0.867 bits per heavy atom. The van der Waals surface area contributed by atoms with Crippen molar-refractivity contribution in [2.45, 2.75) is 32.4 Å². The van der Waals surface area contributed by atoms with Gasteiger partial charge in [0.1, 0.15) is 5.56 Å². The number of nitrogens with one attached hydrogen (secondary N) is 2. The molecule has 1 aliphatic carbocycles. The molecule has 1 unspecified atom stereocenters. The highest BCUT2D eigenvalue weighted by molar-refractivity contribution is 6.08. The summed E-state index contributed by atoms with van der Waals surface area (Å²) < 4.78 is 1.57. The highest BCUT2D eigenvalue weighted by Gasteiger charge is 2.26. The van der Waals surface area contributed by atoms with E-state index >= 15 is 0 Å². The Balaban J connectivity index is 1.35. The average molecular weight is 603 g/mol. The number of fused-ring (bicyclic) bond motifs is 2. The van der Waals surface area contributed by atoms with Crippen LogP contribution < -0.4 is 16.2 Å². The van der Waals surface area contributed by atoms with Crippen LogP contribution in [0.3, 0.4) is 0 Å². The number of nitrogens with zero attached hydrogens (tertiary/aromatic N) is 2. The molecule has 2 amide bonds. The van der Waals surface area contributed by atoms with E-state index in [1.807, 2.05) is 6.07 Å². The molecule has 0 saturated carbocycles. The predicted octanol–water partition coefficient (Wildman–Crippen LogP) is 5.25. The maximum atomic E-state index is 14.0. The number of anilines is 2. The second kappa shape index (κ2) is 12.6. The number of hydrogen-bond donors (Lipinski definition) is 3. The molecule has 45 heavy (non-hydrogen) atoms. The van der Waals surface area contributed by atoms with E-state index in [1.54, 1.807) is 83.4 Å². The van der Waals surface area contributed by atoms with E-state index in [4.69, 9.17) is 0 Å². The predicted molar refractivity (Wildman–Crippen MR) is 171 cm³/mol. The van der Waals surface area contributed by atoms with Gasteiger partial charge in [-0.15, -0.1) is 0 Å². The van der Waals surface area contributed by atoms with Gasteiger partial charge in [-0.05, 0) is 71.3 Å². The lowest BCUT2D eigenvalue weighted by Crippen LogP contribution is -2.31. The van der Waals surface area contributed by atoms with Gasteiger partial charge in [0.2, 0.25) is 5.91 Å². The molecular formula is C35H30N4O6. The number of nitro benzene ring substituents is 1. The van der Waals surface area contributed by atoms with E-state index in [-0.39, 0.29) is 42.6 Å². The molecule has 1 aliphatic rings. The third-order valence-corrected chi connectivity index (χ3v) is 8.12. The summed E-state index contributed by atoms with van der Waals surface area (Å²) in [5.74, 6) is -0.882. The summed E-state index contributed by atoms with van der Waals surface area (Å²) >= 11 is 0. The summed E-state index contributed by atoms with van der Waals surface area (Å²) in [6.45, 7) is 0.191. The molecule has 0 fully saturated rings. The first-order valence-electron chi connectivity index (χ1n) is 14.6. The number of aliphatic hydroxyl groups excluding tert-OH is 1. The van der Waals surface area contributed by atoms with E-state index in [1.165, 1.54) is 12.1 Å². The number of para-hydroxylation sites is 1. The van der Waals surface area contributed by atoms with Crippen molar-refractivity contribution in [3.63, 3.8) is 0 Å². The van der Waals surface area contributed by atoms with Crippen molar-refractivity contribution in [1.29, 1.82) is 0 Å². The number of aromatic nitrogens is 1. The minimum absolute atomic E-state index is 0.0290. The number of hydrogen-bond acceptors (Lipinski definition) is 6. The summed E-state index contributed by atoms with van der Waals surface area (Å²) in [7, 11) is 0. The van der Waals surface area contributed by atoms with Crippen LogP contribution in [0.15, 0.2) is 102 Å². The summed E-state index contributed by atoms with van der Waals surface area (Å²) in [5, 5.41) is 26.9. The van der Waals surface area contributed by atoms with Crippen molar-refractivity contribution in [3.05, 3.63) is 145 Å². The van der Waals surface area contributed by atoms with Gasteiger partial charge in [-0.3, -0.25) is 24.5 Å². The van der Waals surface area contributed by atoms with Crippen LogP contribution in [0, 0.1) is 16.0 Å². The molecule has 4 aromatic carbocycles. The first-order chi connectivity index (χ1) is 21.8. The van der Waals surface area contributed by atoms with Crippen LogP contribution in [0.4, 0.5) is 17.1 Å². The maximum Gasteiger partial charge on any atom is 0.269 e. The molecule has 10 nitrogen and oxygen atoms in total. The molecule has 3 N–H and O–H groups in total. The molecule has 0 aliphatic heterocycles. The van der Waals surface area contributed by atoms with Gasteiger partial charge in [-0.2, -0.15) is 0 Å². The molecule has 0 spiro atoms. The van der Waals surface area contributed by atoms with Gasteiger partial charge in [0, 0.05) is 29.8 Å². The molecular weight excluding hydrogens is 572 g/mol. The van der Waals surface area contributed by atoms with E-state index in [0.717, 1.165) is 22.3 Å². The number of non-ortho nitro benzene ring substituents is 1. The molecule has 10 heteroatoms. The SMILES string of the molecule is O=C(Cc1ccc(CO)cc1)Nc1cccc2c1cc(C(=O)Nc1ccccc1)c(=O)n2CC1Cc2ccc([N+](=O)[O-])cc2C1. The monoisotopic (exact) mass is 602 g/mol. The smallest absolute Gasteiger partial charge is 0.269 e. The fourth-order valence-electron chi connectivity index (χ4n) is 5.91. The summed E-state index contributed by atoms with van der Waals surface area (Å²) in [5.41, 5.74) is 4.44. The van der Waals surface area contributed by atoms with Crippen LogP contribution in [0.2, 0.25) is 0 Å². The van der Waals surface area contributed by atoms with Crippen LogP contribution in [0.25, 0.3) is 10.9 Å². The third kappa shape index (κ3) is 6.36. The number of nitro groups is 1. The zero-order chi connectivity index (χ0) is 31.5. The lowest BCUT2D eigenvalue weighted by Gasteiger charge is -2.18. The standard InChI is InChI=1S/C35H30N4O6/c40-21-23-11-9-22(10-12-23)17-33(41)37-31-7-4-8-32-29(31)19-30(34(42)36-27-5-2-1-3-6-27)35(43)38(32)20-24-15-25-13-14-28(39(44)45)18-26(25)16-24/h1-14,18-19,24,40H,15-17,20-21H2,(H,36,42)(H,37,41). The minimum atomic E-state index is -0.572. The summed E-state index contributed by atoms with van der Waals surface area (Å²) in [6.07, 6.45) is 1.28. The van der Waals surface area contributed by atoms with Gasteiger partial charge >= 0.3 is 0 Å². The second-order valence-corrected chi connectivity index (χ2v) is 11.2. The Morgan fingerprint density at radius 2 is 1.60 bits per heavy atom. The van der Waals surface area contributed by atoms with Crippen LogP contribution in [-0.4, -0.2) is 26.4 Å². The molecule has 6 rings (SSSR count). The molecule has 1 atom stereocenters. The van der Waals surface area contributed by atoms with Crippen LogP contribution in [0.5, 0.6) is 0 Å². The normalized spacial score (nSPS) is 13.8. The molecule has 0 radical (unpaired) electrons. The summed E-state index contributed by atoms with van der Waals surface area (Å²) in [4.78, 5) is 51.5. The number of carbonyl (C=O) groups is 2. The van der Waals surface area contributed by atoms with Gasteiger partial charge in [-0.1, -0.05) is 54.6 Å². The maximum absolute atomic E-state index is 14.0. The number of pyridine rings is 1. The van der Waals surface area contributed by atoms with Gasteiger partial charge in [0.05, 0.1) is 29.2 Å². The van der Waals surface area contributed by atoms with Crippen molar-refractivity contribution in [1.82, 2.24) is 4.57 Å². The van der Waals surface area contributed by atoms with E-state index in [0.29, 0.717) is 35.1 Å². The Hall–Kier alpha value is -5.61. The number of aliphatic hydroxyl groups is 1. The third-order valence-electron chi connectivity index (χ3n) is 8.12. The largest absolute Gasteiger partial charge is 0.392 e. The van der Waals surface area contributed by atoms with Crippen molar-refractivity contribution in [2.24, 2.45) is 5.92 Å². The number of rotatable bonds is 9. The van der Waals surface area contributed by atoms with Gasteiger partial charge in [0.15, 0.2) is 0 Å². The lowest BCUT2D eigenvalue weighted by atomic mass is 10.0. The van der Waals surface area contributed by atoms with Crippen molar-refractivity contribution < 1.29 is 19.6 Å². The first-order valence-corrected chi connectivity index (χ1v) is 14.6. The minimum Gasteiger partial charge on any atom is -0.392 e. The Labute approximate surface area is 258 Å². The fraction of sp³-hybridized carbons (Fsp3) is 0.171. The average Bonchev–Trinajstić information content (AvgIpc) is 3.45. The lowest BCUT2D eigenvalue weighted by molar-refractivity contribution is -0.384. The van der Waals surface area contributed by atoms with E-state index in [2.05, 4.69) is 10.6 Å². The van der Waals surface area contributed by atoms with Gasteiger partial charge < -0.3 is 20.3 Å². The second-order valence-electron chi connectivity index (χ2n) is 11.2. The van der Waals surface area contributed by atoms with Crippen LogP contribution in [-0.2, 0) is 37.2 Å². The first kappa shape index (κ1) is 29.5. The highest BCUT2D eigenvalue weighted by Crippen LogP contribution is 2.32. The number of carbonyl (C=O) groups excluding carboxylic acids is 2. The molecule has 1 aromatic heterocycles. The van der Waals surface area contributed by atoms with Crippen molar-refractivity contribution >= 4 is 39.8 Å². The zero-order valence-electron chi connectivity index (χ0n) is 24.2. The number of benzene rings is 4. The highest BCUT2D eigenvalue weighted by atomic mass is 16.6. The molecule has 1 heterocycles. The quantitative estimate of drug-likeness (QED) is 0.155. The Bertz CT molecular complexity index is 1990. The Morgan fingerprint density at radius 3 is 2.33 bits per heavy atom. The molecule has 0 bridgehead atoms. The van der Waals surface area contributed by atoms with Gasteiger partial charge in [-0.25, -0.2) is 0 Å². The molecule has 0 saturated heterocycles. The molecule has 5 aromatic rings. The van der Waals surface area contributed by atoms with E-state index in [9.17, 15) is 29.6 Å². The summed E-state index contributed by atoms with van der Waals surface area (Å²) in [6, 6.07) is 27.6. The number of amides is 2. The molecule has 226 valence electrons. The fourth-order valence-corrected chi connectivity index (χ4v) is 5.91. The van der Waals surface area contributed by atoms with Crippen LogP contribution >= 0.6 is 0 Å². The zero-order valence-corrected chi connectivity index (χ0v) is 24.2.